The van der Waals surface area contributed by atoms with Crippen molar-refractivity contribution in [1.82, 2.24) is 19.9 Å². The first-order valence-electron chi connectivity index (χ1n) is 9.50. The van der Waals surface area contributed by atoms with E-state index in [4.69, 9.17) is 15.7 Å². The number of anilines is 1. The highest BCUT2D eigenvalue weighted by atomic mass is 32.1. The Hall–Kier alpha value is -3.02. The van der Waals surface area contributed by atoms with Gasteiger partial charge in [-0.05, 0) is 56.7 Å². The van der Waals surface area contributed by atoms with Crippen molar-refractivity contribution >= 4 is 17.2 Å². The first-order valence-corrected chi connectivity index (χ1v) is 10.3. The van der Waals surface area contributed by atoms with Gasteiger partial charge in [0, 0.05) is 30.1 Å². The van der Waals surface area contributed by atoms with Gasteiger partial charge in [-0.25, -0.2) is 15.0 Å². The van der Waals surface area contributed by atoms with E-state index in [-0.39, 0.29) is 6.61 Å². The SMILES string of the molecule is CN1CCC(c2ncc(-c3cnc(N)c(OCc4ccnc(C#N)c4)c3)s2)CC1. The zero-order valence-electron chi connectivity index (χ0n) is 16.2. The Balaban J connectivity index is 1.49. The number of ether oxygens (including phenoxy) is 1. The Kier molecular flexibility index (Phi) is 5.69. The van der Waals surface area contributed by atoms with Crippen LogP contribution < -0.4 is 10.5 Å². The number of thiazole rings is 1. The van der Waals surface area contributed by atoms with Crippen molar-refractivity contribution in [3.8, 4) is 22.3 Å². The Bertz CT molecular complexity index is 1040. The summed E-state index contributed by atoms with van der Waals surface area (Å²) in [5, 5.41) is 10.2. The van der Waals surface area contributed by atoms with Crippen LogP contribution in [0.15, 0.2) is 36.8 Å². The lowest BCUT2D eigenvalue weighted by Gasteiger charge is -2.27. The molecule has 0 saturated carbocycles. The summed E-state index contributed by atoms with van der Waals surface area (Å²) in [6, 6.07) is 7.44. The summed E-state index contributed by atoms with van der Waals surface area (Å²) in [5.74, 6) is 1.39. The standard InChI is InChI=1S/C21H22N6OS/c1-27-6-3-15(4-7-27)21-26-12-19(29-21)16-9-18(20(23)25-11-16)28-13-14-2-5-24-17(8-14)10-22/h2,5,8-9,11-12,15H,3-4,6-7,13H2,1H3,(H2,23,25). The average molecular weight is 407 g/mol. The number of nitriles is 1. The van der Waals surface area contributed by atoms with Crippen LogP contribution in [0.1, 0.15) is 35.0 Å². The summed E-state index contributed by atoms with van der Waals surface area (Å²) in [6.07, 6.45) is 7.56. The molecule has 148 valence electrons. The van der Waals surface area contributed by atoms with Crippen molar-refractivity contribution in [2.45, 2.75) is 25.4 Å². The molecular formula is C21H22N6OS. The molecule has 0 atom stereocenters. The fourth-order valence-corrected chi connectivity index (χ4v) is 4.43. The summed E-state index contributed by atoms with van der Waals surface area (Å²) in [4.78, 5) is 16.4. The number of hydrogen-bond donors (Lipinski definition) is 1. The minimum absolute atomic E-state index is 0.288. The molecule has 4 heterocycles. The number of likely N-dealkylation sites (tertiary alicyclic amines) is 1. The molecule has 0 radical (unpaired) electrons. The van der Waals surface area contributed by atoms with E-state index in [1.165, 1.54) is 5.01 Å². The van der Waals surface area contributed by atoms with Crippen molar-refractivity contribution < 1.29 is 4.74 Å². The molecule has 0 aliphatic carbocycles. The number of rotatable bonds is 5. The molecule has 0 unspecified atom stereocenters. The smallest absolute Gasteiger partial charge is 0.166 e. The number of pyridine rings is 2. The van der Waals surface area contributed by atoms with Gasteiger partial charge in [-0.2, -0.15) is 5.26 Å². The molecule has 3 aromatic rings. The van der Waals surface area contributed by atoms with E-state index in [1.807, 2.05) is 24.4 Å². The van der Waals surface area contributed by atoms with E-state index in [2.05, 4.69) is 26.9 Å². The molecule has 1 fully saturated rings. The van der Waals surface area contributed by atoms with Crippen molar-refractivity contribution in [1.29, 1.82) is 5.26 Å². The topological polar surface area (TPSA) is 101 Å². The summed E-state index contributed by atoms with van der Waals surface area (Å²) >= 11 is 1.72. The number of nitrogens with two attached hydrogens (primary N) is 1. The first-order chi connectivity index (χ1) is 14.1. The van der Waals surface area contributed by atoms with E-state index in [9.17, 15) is 0 Å². The summed E-state index contributed by atoms with van der Waals surface area (Å²) in [7, 11) is 2.16. The van der Waals surface area contributed by atoms with E-state index in [0.717, 1.165) is 41.9 Å². The molecule has 1 saturated heterocycles. The minimum atomic E-state index is 0.288. The fourth-order valence-electron chi connectivity index (χ4n) is 3.36. The predicted octanol–water partition coefficient (Wildman–Crippen LogP) is 3.44. The first kappa shape index (κ1) is 19.3. The zero-order chi connectivity index (χ0) is 20.2. The van der Waals surface area contributed by atoms with Crippen LogP contribution in [-0.2, 0) is 6.61 Å². The Morgan fingerprint density at radius 1 is 1.24 bits per heavy atom. The number of piperidine rings is 1. The van der Waals surface area contributed by atoms with E-state index >= 15 is 0 Å². The van der Waals surface area contributed by atoms with Crippen molar-refractivity contribution in [2.24, 2.45) is 0 Å². The molecule has 0 bridgehead atoms. The third-order valence-electron chi connectivity index (χ3n) is 5.09. The summed E-state index contributed by atoms with van der Waals surface area (Å²) in [6.45, 7) is 2.52. The minimum Gasteiger partial charge on any atom is -0.485 e. The van der Waals surface area contributed by atoms with E-state index < -0.39 is 0 Å². The van der Waals surface area contributed by atoms with Gasteiger partial charge < -0.3 is 15.4 Å². The Morgan fingerprint density at radius 2 is 2.07 bits per heavy atom. The summed E-state index contributed by atoms with van der Waals surface area (Å²) in [5.41, 5.74) is 8.16. The third-order valence-corrected chi connectivity index (χ3v) is 6.30. The van der Waals surface area contributed by atoms with Gasteiger partial charge in [0.05, 0.1) is 9.88 Å². The van der Waals surface area contributed by atoms with Crippen LogP contribution in [0.5, 0.6) is 5.75 Å². The molecule has 0 aromatic carbocycles. The lowest BCUT2D eigenvalue weighted by molar-refractivity contribution is 0.255. The van der Waals surface area contributed by atoms with Crippen LogP contribution in [-0.4, -0.2) is 40.0 Å². The highest BCUT2D eigenvalue weighted by molar-refractivity contribution is 7.15. The maximum Gasteiger partial charge on any atom is 0.166 e. The van der Waals surface area contributed by atoms with Gasteiger partial charge in [0.2, 0.25) is 0 Å². The lowest BCUT2D eigenvalue weighted by Crippen LogP contribution is -2.29. The molecular weight excluding hydrogens is 384 g/mol. The number of aromatic nitrogens is 3. The molecule has 8 heteroatoms. The average Bonchev–Trinajstić information content (AvgIpc) is 3.24. The second-order valence-corrected chi connectivity index (χ2v) is 8.26. The molecule has 3 aromatic heterocycles. The number of hydrogen-bond acceptors (Lipinski definition) is 8. The second kappa shape index (κ2) is 8.55. The van der Waals surface area contributed by atoms with E-state index in [1.54, 1.807) is 29.8 Å². The Labute approximate surface area is 173 Å². The number of nitrogen functional groups attached to an aromatic ring is 1. The van der Waals surface area contributed by atoms with Crippen molar-refractivity contribution in [2.75, 3.05) is 25.9 Å². The van der Waals surface area contributed by atoms with Gasteiger partial charge in [0.15, 0.2) is 11.6 Å². The van der Waals surface area contributed by atoms with Gasteiger partial charge in [-0.1, -0.05) is 0 Å². The van der Waals surface area contributed by atoms with Gasteiger partial charge in [-0.15, -0.1) is 11.3 Å². The number of nitrogens with zero attached hydrogens (tertiary/aromatic N) is 5. The predicted molar refractivity (Wildman–Crippen MR) is 113 cm³/mol. The molecule has 29 heavy (non-hydrogen) atoms. The molecule has 0 amide bonds. The highest BCUT2D eigenvalue weighted by Crippen LogP contribution is 2.36. The Morgan fingerprint density at radius 3 is 2.86 bits per heavy atom. The van der Waals surface area contributed by atoms with Gasteiger partial charge in [-0.3, -0.25) is 0 Å². The monoisotopic (exact) mass is 406 g/mol. The second-order valence-electron chi connectivity index (χ2n) is 7.20. The molecule has 7 nitrogen and oxygen atoms in total. The van der Waals surface area contributed by atoms with Crippen molar-refractivity contribution in [3.05, 3.63) is 53.1 Å². The molecule has 0 spiro atoms. The maximum atomic E-state index is 8.97. The molecule has 2 N–H and O–H groups in total. The molecule has 1 aliphatic rings. The third kappa shape index (κ3) is 4.53. The van der Waals surface area contributed by atoms with Crippen LogP contribution in [0.4, 0.5) is 5.82 Å². The van der Waals surface area contributed by atoms with Crippen LogP contribution >= 0.6 is 11.3 Å². The lowest BCUT2D eigenvalue weighted by atomic mass is 9.98. The molecule has 4 rings (SSSR count). The highest BCUT2D eigenvalue weighted by Gasteiger charge is 2.21. The van der Waals surface area contributed by atoms with Gasteiger partial charge in [0.1, 0.15) is 18.4 Å². The fraction of sp³-hybridized carbons (Fsp3) is 0.333. The van der Waals surface area contributed by atoms with Crippen LogP contribution in [0.3, 0.4) is 0 Å². The van der Waals surface area contributed by atoms with Gasteiger partial charge in [0.25, 0.3) is 0 Å². The van der Waals surface area contributed by atoms with Crippen molar-refractivity contribution in [3.63, 3.8) is 0 Å². The normalized spacial score (nSPS) is 15.2. The largest absolute Gasteiger partial charge is 0.485 e. The summed E-state index contributed by atoms with van der Waals surface area (Å²) < 4.78 is 5.87. The van der Waals surface area contributed by atoms with Crippen LogP contribution in [0.2, 0.25) is 0 Å². The van der Waals surface area contributed by atoms with Gasteiger partial charge >= 0.3 is 0 Å². The zero-order valence-corrected chi connectivity index (χ0v) is 17.0. The maximum absolute atomic E-state index is 8.97. The quantitative estimate of drug-likeness (QED) is 0.692. The van der Waals surface area contributed by atoms with Crippen LogP contribution in [0.25, 0.3) is 10.4 Å². The van der Waals surface area contributed by atoms with Crippen LogP contribution in [0, 0.1) is 11.3 Å². The molecule has 1 aliphatic heterocycles. The van der Waals surface area contributed by atoms with E-state index in [0.29, 0.717) is 23.2 Å².